The van der Waals surface area contributed by atoms with Gasteiger partial charge in [0.05, 0.1) is 35.9 Å². The number of nitriles is 1. The molecule has 3 heterocycles. The number of nitrogens with zero attached hydrogens (tertiary/aromatic N) is 3. The van der Waals surface area contributed by atoms with Crippen LogP contribution in [-0.4, -0.2) is 41.9 Å². The van der Waals surface area contributed by atoms with Gasteiger partial charge < -0.3 is 10.6 Å². The molecule has 3 atom stereocenters. The minimum absolute atomic E-state index is 0.00795. The van der Waals surface area contributed by atoms with Crippen LogP contribution in [0.4, 0.5) is 10.1 Å². The Hall–Kier alpha value is -3.36. The first-order chi connectivity index (χ1) is 16.4. The molecule has 5 rings (SSSR count). The first kappa shape index (κ1) is 22.4. The van der Waals surface area contributed by atoms with Gasteiger partial charge in [0.25, 0.3) is 0 Å². The number of hydrogen-bond acceptors (Lipinski definition) is 7. The van der Waals surface area contributed by atoms with Crippen molar-refractivity contribution in [2.75, 3.05) is 18.1 Å². The van der Waals surface area contributed by atoms with Gasteiger partial charge in [-0.05, 0) is 47.7 Å². The summed E-state index contributed by atoms with van der Waals surface area (Å²) in [6.07, 6.45) is 0.964. The molecule has 34 heavy (non-hydrogen) atoms. The van der Waals surface area contributed by atoms with Crippen molar-refractivity contribution in [2.24, 2.45) is 5.73 Å². The van der Waals surface area contributed by atoms with E-state index in [2.05, 4.69) is 34.5 Å². The lowest BCUT2D eigenvalue weighted by atomic mass is 9.90. The number of halogens is 1. The number of rotatable bonds is 3. The standard InChI is InChI=1S/C24H26FN7O2/c1-13-6-14(10-26)7-18(25)24(13)32-20(33)9-19-23(30-32)22(29-28-19)16-3-2-15-4-5-31(21(34)11-27)12-17(15)8-16/h2-3,6-8,19,22-23,28-30H,4-5,9,11-12,27H2,1H3. The first-order valence-electron chi connectivity index (χ1n) is 11.3. The summed E-state index contributed by atoms with van der Waals surface area (Å²) >= 11 is 0. The van der Waals surface area contributed by atoms with E-state index in [1.165, 1.54) is 10.6 Å². The largest absolute Gasteiger partial charge is 0.337 e. The molecule has 0 saturated carbocycles. The second kappa shape index (κ2) is 8.77. The summed E-state index contributed by atoms with van der Waals surface area (Å²) in [4.78, 5) is 26.7. The summed E-state index contributed by atoms with van der Waals surface area (Å²) < 4.78 is 14.9. The molecular formula is C24H26FN7O2. The molecule has 176 valence electrons. The number of nitrogens with two attached hydrogens (primary N) is 1. The summed E-state index contributed by atoms with van der Waals surface area (Å²) in [6.45, 7) is 2.85. The van der Waals surface area contributed by atoms with Crippen molar-refractivity contribution in [3.63, 3.8) is 0 Å². The highest BCUT2D eigenvalue weighted by Crippen LogP contribution is 2.33. The number of hydrazine groups is 2. The lowest BCUT2D eigenvalue weighted by Gasteiger charge is -2.38. The SMILES string of the molecule is Cc1cc(C#N)cc(F)c1N1NC2C(CC1=O)NNC2c1ccc2c(c1)CN(C(=O)CN)CC2. The van der Waals surface area contributed by atoms with Gasteiger partial charge in [0.2, 0.25) is 11.8 Å². The third-order valence-corrected chi connectivity index (χ3v) is 6.87. The lowest BCUT2D eigenvalue weighted by Crippen LogP contribution is -2.60. The number of benzene rings is 2. The maximum Gasteiger partial charge on any atom is 0.243 e. The Morgan fingerprint density at radius 1 is 1.26 bits per heavy atom. The van der Waals surface area contributed by atoms with Crippen LogP contribution < -0.4 is 27.0 Å². The minimum atomic E-state index is -0.621. The second-order valence-corrected chi connectivity index (χ2v) is 8.99. The molecule has 2 fully saturated rings. The molecule has 0 radical (unpaired) electrons. The van der Waals surface area contributed by atoms with Gasteiger partial charge in [0.15, 0.2) is 0 Å². The zero-order valence-electron chi connectivity index (χ0n) is 18.8. The molecule has 0 aromatic heterocycles. The van der Waals surface area contributed by atoms with Crippen molar-refractivity contribution in [1.82, 2.24) is 21.2 Å². The van der Waals surface area contributed by atoms with Gasteiger partial charge >= 0.3 is 0 Å². The smallest absolute Gasteiger partial charge is 0.243 e. The Labute approximate surface area is 196 Å². The molecule has 3 unspecified atom stereocenters. The van der Waals surface area contributed by atoms with Crippen molar-refractivity contribution in [3.8, 4) is 6.07 Å². The summed E-state index contributed by atoms with van der Waals surface area (Å²) in [6, 6.07) is 10.3. The van der Waals surface area contributed by atoms with Crippen LogP contribution in [0.3, 0.4) is 0 Å². The van der Waals surface area contributed by atoms with Gasteiger partial charge in [-0.2, -0.15) is 5.26 Å². The molecule has 2 amide bonds. The van der Waals surface area contributed by atoms with Crippen molar-refractivity contribution >= 4 is 17.5 Å². The van der Waals surface area contributed by atoms with Crippen LogP contribution in [0.15, 0.2) is 30.3 Å². The predicted molar refractivity (Wildman–Crippen MR) is 122 cm³/mol. The van der Waals surface area contributed by atoms with Crippen LogP contribution in [-0.2, 0) is 22.6 Å². The fourth-order valence-electron chi connectivity index (χ4n) is 5.13. The average molecular weight is 464 g/mol. The van der Waals surface area contributed by atoms with E-state index in [4.69, 9.17) is 11.0 Å². The third-order valence-electron chi connectivity index (χ3n) is 6.87. The molecule has 9 nitrogen and oxygen atoms in total. The van der Waals surface area contributed by atoms with Crippen LogP contribution >= 0.6 is 0 Å². The Balaban J connectivity index is 1.42. The molecule has 3 aliphatic rings. The normalized spacial score (nSPS) is 23.9. The van der Waals surface area contributed by atoms with Crippen LogP contribution in [0.5, 0.6) is 0 Å². The number of hydrogen-bond donors (Lipinski definition) is 4. The molecule has 2 saturated heterocycles. The topological polar surface area (TPSA) is 127 Å². The van der Waals surface area contributed by atoms with E-state index in [9.17, 15) is 14.0 Å². The van der Waals surface area contributed by atoms with Gasteiger partial charge in [-0.15, -0.1) is 0 Å². The highest BCUT2D eigenvalue weighted by molar-refractivity contribution is 5.95. The first-order valence-corrected chi connectivity index (χ1v) is 11.3. The number of carbonyl (C=O) groups is 2. The van der Waals surface area contributed by atoms with Crippen LogP contribution in [0.25, 0.3) is 0 Å². The van der Waals surface area contributed by atoms with Crippen molar-refractivity contribution < 1.29 is 14.0 Å². The maximum absolute atomic E-state index is 14.9. The van der Waals surface area contributed by atoms with E-state index < -0.39 is 5.82 Å². The number of amides is 2. The van der Waals surface area contributed by atoms with E-state index in [1.54, 1.807) is 17.9 Å². The van der Waals surface area contributed by atoms with E-state index in [-0.39, 0.29) is 54.2 Å². The summed E-state index contributed by atoms with van der Waals surface area (Å²) in [7, 11) is 0. The Morgan fingerprint density at radius 3 is 2.82 bits per heavy atom. The molecule has 10 heteroatoms. The molecule has 3 aliphatic heterocycles. The summed E-state index contributed by atoms with van der Waals surface area (Å²) in [5.41, 5.74) is 19.4. The van der Waals surface area contributed by atoms with Crippen molar-refractivity contribution in [3.05, 3.63) is 64.0 Å². The fourth-order valence-corrected chi connectivity index (χ4v) is 5.13. The van der Waals surface area contributed by atoms with Gasteiger partial charge in [0.1, 0.15) is 5.82 Å². The lowest BCUT2D eigenvalue weighted by molar-refractivity contribution is -0.130. The molecule has 0 spiro atoms. The van der Waals surface area contributed by atoms with Crippen LogP contribution in [0.2, 0.25) is 0 Å². The van der Waals surface area contributed by atoms with Gasteiger partial charge in [-0.25, -0.2) is 20.3 Å². The monoisotopic (exact) mass is 463 g/mol. The number of nitrogens with one attached hydrogen (secondary N) is 3. The maximum atomic E-state index is 14.9. The average Bonchev–Trinajstić information content (AvgIpc) is 3.24. The Morgan fingerprint density at radius 2 is 2.09 bits per heavy atom. The molecule has 2 aromatic rings. The number of fused-ring (bicyclic) bond motifs is 2. The van der Waals surface area contributed by atoms with E-state index >= 15 is 0 Å². The molecule has 5 N–H and O–H groups in total. The van der Waals surface area contributed by atoms with Gasteiger partial charge in [-0.1, -0.05) is 18.2 Å². The van der Waals surface area contributed by atoms with Crippen LogP contribution in [0, 0.1) is 24.1 Å². The number of anilines is 1. The predicted octanol–water partition coefficient (Wildman–Crippen LogP) is 0.677. The molecule has 2 aromatic carbocycles. The van der Waals surface area contributed by atoms with Gasteiger partial charge in [0, 0.05) is 25.6 Å². The van der Waals surface area contributed by atoms with Crippen molar-refractivity contribution in [2.45, 2.75) is 44.4 Å². The van der Waals surface area contributed by atoms with E-state index in [0.29, 0.717) is 18.7 Å². The van der Waals surface area contributed by atoms with Gasteiger partial charge in [-0.3, -0.25) is 15.0 Å². The molecule has 0 aliphatic carbocycles. The highest BCUT2D eigenvalue weighted by atomic mass is 19.1. The Bertz CT molecular complexity index is 1190. The third kappa shape index (κ3) is 3.82. The second-order valence-electron chi connectivity index (χ2n) is 8.99. The minimum Gasteiger partial charge on any atom is -0.337 e. The number of carbonyl (C=O) groups excluding carboxylic acids is 2. The zero-order valence-corrected chi connectivity index (χ0v) is 18.8. The quantitative estimate of drug-likeness (QED) is 0.527. The highest BCUT2D eigenvalue weighted by Gasteiger charge is 2.44. The zero-order chi connectivity index (χ0) is 24.0. The van der Waals surface area contributed by atoms with E-state index in [1.807, 2.05) is 6.07 Å². The van der Waals surface area contributed by atoms with Crippen LogP contribution in [0.1, 0.15) is 40.3 Å². The van der Waals surface area contributed by atoms with Crippen molar-refractivity contribution in [1.29, 1.82) is 5.26 Å². The summed E-state index contributed by atoms with van der Waals surface area (Å²) in [5.74, 6) is -0.950. The molecular weight excluding hydrogens is 437 g/mol. The summed E-state index contributed by atoms with van der Waals surface area (Å²) in [5, 5.41) is 10.4. The Kier molecular flexibility index (Phi) is 5.79. The molecule has 0 bridgehead atoms. The fraction of sp³-hybridized carbons (Fsp3) is 0.375. The number of aryl methyl sites for hydroxylation is 1. The van der Waals surface area contributed by atoms with E-state index in [0.717, 1.165) is 23.6 Å².